The van der Waals surface area contributed by atoms with Gasteiger partial charge in [0.25, 0.3) is 22.9 Å². The van der Waals surface area contributed by atoms with E-state index in [1.165, 1.54) is 0 Å². The molecular formula is C64H67Cl2N11O8. The second-order valence-corrected chi connectivity index (χ2v) is 22.1. The van der Waals surface area contributed by atoms with E-state index < -0.39 is 0 Å². The molecule has 19 nitrogen and oxygen atoms in total. The Hall–Kier alpha value is -8.75. The molecule has 2 aliphatic rings. The third kappa shape index (κ3) is 15.0. The highest BCUT2D eigenvalue weighted by Crippen LogP contribution is 2.28. The standard InChI is InChI=1S/C34H35ClN6O4.C30H32ClN5O4/c1-24(2)45-31-6-4-3-5-30(31)41-32(37-29-12-7-25(19-28(29)34(41)43)20-39-14-13-36-23-39)21-38-15-17-40(18-16-38)33(42)22-44-27-10-8-26(35)9-11-27;1-20(2)40-27-6-4-3-5-26(27)36-28(33-25-12-9-22(32)17-24(25)30(36)38)18-34-13-15-35(16-14-34)29(37)19-39-23-10-7-21(31)8-11-23/h3-14,19,23-24H,15-18,20-22H2,1-2H3;3-12,17,20H,13-16,18-19,32H2,1-2H3. The third-order valence-corrected chi connectivity index (χ3v) is 14.9. The van der Waals surface area contributed by atoms with Crippen molar-refractivity contribution in [1.29, 1.82) is 0 Å². The average molecular weight is 1190 g/mol. The van der Waals surface area contributed by atoms with Crippen molar-refractivity contribution in [2.45, 2.75) is 59.5 Å². The number of anilines is 1. The highest BCUT2D eigenvalue weighted by atomic mass is 35.5. The van der Waals surface area contributed by atoms with Gasteiger partial charge in [0.2, 0.25) is 0 Å². The molecule has 0 bridgehead atoms. The second-order valence-electron chi connectivity index (χ2n) is 21.3. The molecule has 0 saturated carbocycles. The predicted octanol–water partition coefficient (Wildman–Crippen LogP) is 8.93. The zero-order valence-corrected chi connectivity index (χ0v) is 49.4. The third-order valence-electron chi connectivity index (χ3n) is 14.4. The molecule has 0 spiro atoms. The summed E-state index contributed by atoms with van der Waals surface area (Å²) in [4.78, 5) is 75.8. The number of nitrogens with two attached hydrogens (primary N) is 1. The smallest absolute Gasteiger partial charge is 0.266 e. The number of nitrogens with zero attached hydrogens (tertiary/aromatic N) is 10. The maximum absolute atomic E-state index is 14.3. The lowest BCUT2D eigenvalue weighted by atomic mass is 10.1. The van der Waals surface area contributed by atoms with Crippen molar-refractivity contribution < 1.29 is 28.5 Å². The number of amides is 2. The number of piperazine rings is 2. The molecule has 0 radical (unpaired) electrons. The Morgan fingerprint density at radius 3 is 1.45 bits per heavy atom. The number of fused-ring (bicyclic) bond motifs is 2. The summed E-state index contributed by atoms with van der Waals surface area (Å²) in [6, 6.07) is 39.9. The van der Waals surface area contributed by atoms with E-state index >= 15 is 0 Å². The first kappa shape index (κ1) is 59.4. The number of nitrogen functional groups attached to an aromatic ring is 1. The van der Waals surface area contributed by atoms with Gasteiger partial charge >= 0.3 is 0 Å². The summed E-state index contributed by atoms with van der Waals surface area (Å²) in [6.07, 6.45) is 5.24. The van der Waals surface area contributed by atoms with Crippen LogP contribution in [0.2, 0.25) is 10.0 Å². The summed E-state index contributed by atoms with van der Waals surface area (Å²) < 4.78 is 28.7. The highest BCUT2D eigenvalue weighted by molar-refractivity contribution is 6.30. The van der Waals surface area contributed by atoms with Crippen molar-refractivity contribution in [3.8, 4) is 34.4 Å². The van der Waals surface area contributed by atoms with E-state index in [9.17, 15) is 19.2 Å². The maximum atomic E-state index is 14.3. The summed E-state index contributed by atoms with van der Waals surface area (Å²) in [7, 11) is 0. The van der Waals surface area contributed by atoms with Crippen LogP contribution in [0.25, 0.3) is 33.2 Å². The van der Waals surface area contributed by atoms with Gasteiger partial charge in [-0.25, -0.2) is 15.0 Å². The van der Waals surface area contributed by atoms with Gasteiger partial charge in [-0.1, -0.05) is 53.5 Å². The molecule has 0 unspecified atom stereocenters. The first-order chi connectivity index (χ1) is 41.1. The number of benzene rings is 6. The molecule has 440 valence electrons. The van der Waals surface area contributed by atoms with Gasteiger partial charge in [-0.15, -0.1) is 0 Å². The van der Waals surface area contributed by atoms with E-state index in [1.807, 2.05) is 105 Å². The molecule has 2 fully saturated rings. The highest BCUT2D eigenvalue weighted by Gasteiger charge is 2.27. The van der Waals surface area contributed by atoms with E-state index in [4.69, 9.17) is 57.9 Å². The molecule has 2 saturated heterocycles. The molecule has 0 atom stereocenters. The predicted molar refractivity (Wildman–Crippen MR) is 330 cm³/mol. The van der Waals surface area contributed by atoms with Crippen LogP contribution in [0, 0.1) is 0 Å². The quantitative estimate of drug-likeness (QED) is 0.0799. The minimum absolute atomic E-state index is 0.0385. The number of halogens is 2. The molecule has 11 rings (SSSR count). The van der Waals surface area contributed by atoms with Gasteiger partial charge in [-0.3, -0.25) is 38.1 Å². The van der Waals surface area contributed by atoms with Gasteiger partial charge in [0, 0.05) is 87.0 Å². The zero-order valence-electron chi connectivity index (χ0n) is 47.9. The molecule has 6 aromatic carbocycles. The molecule has 85 heavy (non-hydrogen) atoms. The number of para-hydroxylation sites is 4. The van der Waals surface area contributed by atoms with Crippen molar-refractivity contribution in [2.75, 3.05) is 71.3 Å². The second kappa shape index (κ2) is 27.3. The minimum Gasteiger partial charge on any atom is -0.489 e. The van der Waals surface area contributed by atoms with Crippen molar-refractivity contribution in [3.05, 3.63) is 200 Å². The summed E-state index contributed by atoms with van der Waals surface area (Å²) in [6.45, 7) is 13.9. The van der Waals surface area contributed by atoms with E-state index in [0.29, 0.717) is 156 Å². The van der Waals surface area contributed by atoms with Gasteiger partial charge in [0.1, 0.15) is 34.6 Å². The molecule has 2 N–H and O–H groups in total. The van der Waals surface area contributed by atoms with Crippen molar-refractivity contribution in [1.82, 2.24) is 48.3 Å². The fraction of sp³-hybridized carbons (Fsp3) is 0.297. The van der Waals surface area contributed by atoms with Gasteiger partial charge in [0.05, 0.1) is 64.8 Å². The Labute approximate surface area is 502 Å². The molecule has 2 amide bonds. The first-order valence-electron chi connectivity index (χ1n) is 28.2. The van der Waals surface area contributed by atoms with Crippen molar-refractivity contribution >= 4 is 62.5 Å². The van der Waals surface area contributed by atoms with E-state index in [0.717, 1.165) is 5.56 Å². The Balaban J connectivity index is 0.000000190. The lowest BCUT2D eigenvalue weighted by Crippen LogP contribution is -2.50. The number of carbonyl (C=O) groups is 2. The largest absolute Gasteiger partial charge is 0.489 e. The normalized spacial score (nSPS) is 13.9. The Bertz CT molecular complexity index is 3900. The summed E-state index contributed by atoms with van der Waals surface area (Å²) in [5.74, 6) is 3.46. The number of hydrogen-bond donors (Lipinski definition) is 1. The minimum atomic E-state index is -0.208. The van der Waals surface area contributed by atoms with Crippen LogP contribution in [0.4, 0.5) is 5.69 Å². The molecule has 5 heterocycles. The maximum Gasteiger partial charge on any atom is 0.266 e. The number of aromatic nitrogens is 6. The summed E-state index contributed by atoms with van der Waals surface area (Å²) in [5.41, 5.74) is 9.61. The van der Waals surface area contributed by atoms with Crippen LogP contribution in [0.1, 0.15) is 44.9 Å². The van der Waals surface area contributed by atoms with Crippen LogP contribution in [0.15, 0.2) is 162 Å². The Kier molecular flexibility index (Phi) is 19.1. The van der Waals surface area contributed by atoms with Gasteiger partial charge in [-0.05, 0) is 136 Å². The molecular weight excluding hydrogens is 1120 g/mol. The molecule has 3 aromatic heterocycles. The van der Waals surface area contributed by atoms with Crippen molar-refractivity contribution in [3.63, 3.8) is 0 Å². The van der Waals surface area contributed by atoms with Crippen LogP contribution in [-0.2, 0) is 29.2 Å². The molecule has 2 aliphatic heterocycles. The zero-order chi connectivity index (χ0) is 59.6. The fourth-order valence-electron chi connectivity index (χ4n) is 10.2. The molecule has 0 aliphatic carbocycles. The average Bonchev–Trinajstić information content (AvgIpc) is 1.91. The number of imidazole rings is 1. The lowest BCUT2D eigenvalue weighted by molar-refractivity contribution is -0.135. The summed E-state index contributed by atoms with van der Waals surface area (Å²) >= 11 is 11.9. The SMILES string of the molecule is CC(C)Oc1ccccc1-n1c(CN2CCN(C(=O)COc3ccc(Cl)cc3)CC2)nc2ccc(Cn3ccnc3)cc2c1=O.CC(C)Oc1ccccc1-n1c(CN2CCN(C(=O)COc3ccc(Cl)cc3)CC2)nc2ccc(N)cc2c1=O. The topological polar surface area (TPSA) is 198 Å². The number of ether oxygens (including phenoxy) is 4. The number of rotatable bonds is 18. The van der Waals surface area contributed by atoms with E-state index in [2.05, 4.69) is 14.8 Å². The molecule has 9 aromatic rings. The van der Waals surface area contributed by atoms with Crippen LogP contribution in [-0.4, -0.2) is 138 Å². The monoisotopic (exact) mass is 1190 g/mol. The lowest BCUT2D eigenvalue weighted by Gasteiger charge is -2.34. The molecule has 21 heteroatoms. The van der Waals surface area contributed by atoms with Crippen molar-refractivity contribution in [2.24, 2.45) is 0 Å². The fourth-order valence-corrected chi connectivity index (χ4v) is 10.4. The Morgan fingerprint density at radius 2 is 1.00 bits per heavy atom. The van der Waals surface area contributed by atoms with E-state index in [1.54, 1.807) is 98.2 Å². The van der Waals surface area contributed by atoms with Crippen LogP contribution in [0.3, 0.4) is 0 Å². The Morgan fingerprint density at radius 1 is 0.553 bits per heavy atom. The van der Waals surface area contributed by atoms with Gasteiger partial charge in [-0.2, -0.15) is 0 Å². The van der Waals surface area contributed by atoms with Gasteiger partial charge in [0.15, 0.2) is 13.2 Å². The van der Waals surface area contributed by atoms with E-state index in [-0.39, 0.29) is 48.4 Å². The van der Waals surface area contributed by atoms with Crippen LogP contribution < -0.4 is 35.8 Å². The number of hydrogen-bond acceptors (Lipinski definition) is 14. The summed E-state index contributed by atoms with van der Waals surface area (Å²) in [5, 5.41) is 2.20. The number of carbonyl (C=O) groups excluding carboxylic acids is 2. The van der Waals surface area contributed by atoms with Crippen LogP contribution in [0.5, 0.6) is 23.0 Å². The van der Waals surface area contributed by atoms with Crippen LogP contribution >= 0.6 is 23.2 Å². The first-order valence-corrected chi connectivity index (χ1v) is 29.0. The van der Waals surface area contributed by atoms with Gasteiger partial charge < -0.3 is 39.0 Å².